The van der Waals surface area contributed by atoms with Crippen molar-refractivity contribution in [3.63, 3.8) is 0 Å². The standard InChI is InChI=1S/C30H35F3N2O7/c1-18(36)29(27(38)39)16-34-13-12-24(29)35(17-28(2,3)4)22-11-10-19(42-30(31,32)33)14-21(22)26(41-15-25(35)37)20-8-6-7-9-23(20)40-5/h6-11,14,24,26,34H,12-13,15-17H2,1-5H3/p+1/t24-,26?,29+,35?/m1/s1. The molecular formula is C30H36F3N2O7+. The van der Waals surface area contributed by atoms with E-state index >= 15 is 0 Å². The number of aliphatic carboxylic acids is 1. The molecule has 0 aliphatic carbocycles. The first-order chi connectivity index (χ1) is 19.6. The lowest BCUT2D eigenvalue weighted by Crippen LogP contribution is -2.75. The number of carboxylic acids is 1. The van der Waals surface area contributed by atoms with E-state index < -0.39 is 63.8 Å². The second-order valence-electron chi connectivity index (χ2n) is 12.0. The number of rotatable bonds is 7. The molecule has 1 amide bonds. The molecule has 4 rings (SSSR count). The average molecular weight is 594 g/mol. The Labute approximate surface area is 242 Å². The Bertz CT molecular complexity index is 1360. The highest BCUT2D eigenvalue weighted by atomic mass is 19.4. The lowest BCUT2D eigenvalue weighted by Gasteiger charge is -2.51. The predicted molar refractivity (Wildman–Crippen MR) is 147 cm³/mol. The highest BCUT2D eigenvalue weighted by Gasteiger charge is 2.65. The Morgan fingerprint density at radius 3 is 2.43 bits per heavy atom. The van der Waals surface area contributed by atoms with Crippen molar-refractivity contribution in [3.8, 4) is 11.5 Å². The van der Waals surface area contributed by atoms with Crippen LogP contribution in [0.2, 0.25) is 0 Å². The van der Waals surface area contributed by atoms with Crippen LogP contribution in [0.25, 0.3) is 0 Å². The van der Waals surface area contributed by atoms with Crippen molar-refractivity contribution in [2.45, 2.75) is 52.6 Å². The fourth-order valence-electron chi connectivity index (χ4n) is 6.52. The summed E-state index contributed by atoms with van der Waals surface area (Å²) in [6, 6.07) is 9.33. The molecule has 2 unspecified atom stereocenters. The summed E-state index contributed by atoms with van der Waals surface area (Å²) in [5, 5.41) is 13.6. The van der Waals surface area contributed by atoms with E-state index in [1.165, 1.54) is 26.2 Å². The number of carbonyl (C=O) groups excluding carboxylic acids is 2. The van der Waals surface area contributed by atoms with E-state index in [-0.39, 0.29) is 30.8 Å². The van der Waals surface area contributed by atoms with Gasteiger partial charge in [-0.3, -0.25) is 9.59 Å². The molecule has 1 fully saturated rings. The third-order valence-corrected chi connectivity index (χ3v) is 8.02. The molecule has 9 nitrogen and oxygen atoms in total. The Kier molecular flexibility index (Phi) is 8.47. The van der Waals surface area contributed by atoms with Gasteiger partial charge in [-0.25, -0.2) is 9.28 Å². The fourth-order valence-corrected chi connectivity index (χ4v) is 6.52. The zero-order chi connectivity index (χ0) is 31.1. The number of benzene rings is 2. The zero-order valence-corrected chi connectivity index (χ0v) is 24.2. The lowest BCUT2D eigenvalue weighted by atomic mass is 9.70. The van der Waals surface area contributed by atoms with Crippen LogP contribution in [0.5, 0.6) is 11.5 Å². The summed E-state index contributed by atoms with van der Waals surface area (Å²) in [5.74, 6) is -2.67. The Balaban J connectivity index is 2.12. The van der Waals surface area contributed by atoms with Gasteiger partial charge in [-0.2, -0.15) is 0 Å². The van der Waals surface area contributed by atoms with E-state index in [1.54, 1.807) is 24.3 Å². The maximum absolute atomic E-state index is 14.5. The molecule has 2 aliphatic rings. The van der Waals surface area contributed by atoms with Crippen molar-refractivity contribution < 1.29 is 46.9 Å². The van der Waals surface area contributed by atoms with Gasteiger partial charge in [0.1, 0.15) is 29.3 Å². The summed E-state index contributed by atoms with van der Waals surface area (Å²) in [6.07, 6.45) is -5.93. The Morgan fingerprint density at radius 2 is 1.83 bits per heavy atom. The molecule has 4 atom stereocenters. The Morgan fingerprint density at radius 1 is 1.14 bits per heavy atom. The van der Waals surface area contributed by atoms with Crippen molar-refractivity contribution in [1.82, 2.24) is 9.80 Å². The van der Waals surface area contributed by atoms with Crippen LogP contribution in [0, 0.1) is 10.8 Å². The molecule has 0 spiro atoms. The number of hydrogen-bond acceptors (Lipinski definition) is 7. The van der Waals surface area contributed by atoms with Gasteiger partial charge >= 0.3 is 18.2 Å². The van der Waals surface area contributed by atoms with Gasteiger partial charge in [0.2, 0.25) is 0 Å². The summed E-state index contributed by atoms with van der Waals surface area (Å²) in [7, 11) is 1.44. The first-order valence-electron chi connectivity index (χ1n) is 13.6. The third kappa shape index (κ3) is 5.62. The van der Waals surface area contributed by atoms with Gasteiger partial charge in [-0.1, -0.05) is 39.0 Å². The summed E-state index contributed by atoms with van der Waals surface area (Å²) >= 11 is 0. The lowest BCUT2D eigenvalue weighted by molar-refractivity contribution is -0.274. The number of carboxylic acid groups (broad SMARTS) is 1. The molecule has 2 aliphatic heterocycles. The van der Waals surface area contributed by atoms with Gasteiger partial charge in [0.05, 0.1) is 19.2 Å². The number of amides is 1. The van der Waals surface area contributed by atoms with Gasteiger partial charge in [0.25, 0.3) is 0 Å². The monoisotopic (exact) mass is 593 g/mol. The number of ketones is 1. The average Bonchev–Trinajstić information content (AvgIpc) is 3.01. The number of alkyl halides is 3. The van der Waals surface area contributed by atoms with E-state index in [0.717, 1.165) is 6.07 Å². The van der Waals surface area contributed by atoms with Gasteiger partial charge in [0, 0.05) is 36.6 Å². The summed E-state index contributed by atoms with van der Waals surface area (Å²) in [5.41, 5.74) is -1.73. The Hall–Kier alpha value is -3.48. The topological polar surface area (TPSA) is 111 Å². The number of hydrogen-bond donors (Lipinski definition) is 2. The quantitative estimate of drug-likeness (QED) is 0.354. The number of ether oxygens (including phenoxy) is 3. The highest BCUT2D eigenvalue weighted by Crippen LogP contribution is 2.50. The molecule has 0 saturated carbocycles. The van der Waals surface area contributed by atoms with Crippen molar-refractivity contribution in [1.29, 1.82) is 0 Å². The summed E-state index contributed by atoms with van der Waals surface area (Å²) in [6.45, 7) is 6.49. The number of fused-ring (bicyclic) bond motifs is 1. The van der Waals surface area contributed by atoms with Gasteiger partial charge in [-0.05, 0) is 25.1 Å². The molecule has 0 radical (unpaired) electrons. The third-order valence-electron chi connectivity index (χ3n) is 8.02. The minimum atomic E-state index is -4.99. The van der Waals surface area contributed by atoms with Crippen LogP contribution in [-0.4, -0.2) is 68.5 Å². The predicted octanol–water partition coefficient (Wildman–Crippen LogP) is 4.62. The molecule has 2 heterocycles. The van der Waals surface area contributed by atoms with E-state index in [4.69, 9.17) is 9.47 Å². The van der Waals surface area contributed by atoms with Gasteiger partial charge < -0.3 is 24.6 Å². The van der Waals surface area contributed by atoms with Crippen LogP contribution in [-0.2, 0) is 19.1 Å². The van der Waals surface area contributed by atoms with E-state index in [2.05, 4.69) is 10.1 Å². The minimum absolute atomic E-state index is 0.0489. The smallest absolute Gasteiger partial charge is 0.496 e. The number of Topliss-reactive ketones (excluding diaryl/α,β-unsaturated/α-hetero) is 1. The van der Waals surface area contributed by atoms with Crippen LogP contribution < -0.4 is 19.3 Å². The minimum Gasteiger partial charge on any atom is -0.496 e. The van der Waals surface area contributed by atoms with Gasteiger partial charge in [-0.15, -0.1) is 13.2 Å². The van der Waals surface area contributed by atoms with Crippen LogP contribution in [0.15, 0.2) is 42.5 Å². The molecule has 0 aromatic heterocycles. The van der Waals surface area contributed by atoms with E-state index in [0.29, 0.717) is 17.9 Å². The molecular weight excluding hydrogens is 557 g/mol. The largest absolute Gasteiger partial charge is 0.573 e. The van der Waals surface area contributed by atoms with E-state index in [9.17, 15) is 32.7 Å². The normalized spacial score (nSPS) is 26.6. The van der Waals surface area contributed by atoms with Crippen LogP contribution in [0.4, 0.5) is 18.9 Å². The molecule has 2 aromatic rings. The molecule has 2 aromatic carbocycles. The maximum Gasteiger partial charge on any atom is 0.573 e. The molecule has 12 heteroatoms. The SMILES string of the molecule is COc1ccccc1C1OCC(=O)[N+](CC(C)(C)C)([C@@H]2CCNC[C@@]2(C(C)=O)C(=O)O)c2ccc(OC(F)(F)F)cc21. The zero-order valence-electron chi connectivity index (χ0n) is 24.2. The highest BCUT2D eigenvalue weighted by molar-refractivity contribution is 6.05. The van der Waals surface area contributed by atoms with Crippen LogP contribution >= 0.6 is 0 Å². The molecule has 2 N–H and O–H groups in total. The number of methoxy groups -OCH3 is 1. The van der Waals surface area contributed by atoms with Gasteiger partial charge in [0.15, 0.2) is 17.8 Å². The fraction of sp³-hybridized carbons (Fsp3) is 0.500. The summed E-state index contributed by atoms with van der Waals surface area (Å²) in [4.78, 5) is 40.8. The number of carbonyl (C=O) groups is 3. The second-order valence-corrected chi connectivity index (χ2v) is 12.0. The molecule has 42 heavy (non-hydrogen) atoms. The van der Waals surface area contributed by atoms with E-state index in [1.807, 2.05) is 20.8 Å². The molecule has 0 bridgehead atoms. The van der Waals surface area contributed by atoms with Crippen molar-refractivity contribution >= 4 is 23.3 Å². The first kappa shape index (κ1) is 31.5. The maximum atomic E-state index is 14.5. The summed E-state index contributed by atoms with van der Waals surface area (Å²) < 4.78 is 55.4. The van der Waals surface area contributed by atoms with Crippen molar-refractivity contribution in [2.75, 3.05) is 33.4 Å². The number of quaternary nitrogens is 1. The number of piperidine rings is 1. The number of halogens is 3. The van der Waals surface area contributed by atoms with Crippen molar-refractivity contribution in [2.24, 2.45) is 10.8 Å². The second kappa shape index (κ2) is 11.3. The molecule has 1 saturated heterocycles. The molecule has 228 valence electrons. The first-order valence-corrected chi connectivity index (χ1v) is 13.6. The number of nitrogens with zero attached hydrogens (tertiary/aromatic N) is 1. The number of nitrogens with one attached hydrogen (secondary N) is 1. The van der Waals surface area contributed by atoms with Crippen LogP contribution in [0.3, 0.4) is 0 Å². The van der Waals surface area contributed by atoms with Crippen LogP contribution in [0.1, 0.15) is 51.3 Å². The van der Waals surface area contributed by atoms with Crippen molar-refractivity contribution in [3.05, 3.63) is 53.6 Å². The number of para-hydroxylation sites is 1.